The van der Waals surface area contributed by atoms with E-state index < -0.39 is 5.91 Å². The molecule has 0 saturated carbocycles. The van der Waals surface area contributed by atoms with Crippen LogP contribution >= 0.6 is 11.3 Å². The second kappa shape index (κ2) is 8.75. The van der Waals surface area contributed by atoms with E-state index in [1.165, 1.54) is 11.3 Å². The molecule has 2 aromatic heterocycles. The summed E-state index contributed by atoms with van der Waals surface area (Å²) in [5.41, 5.74) is 8.34. The highest BCUT2D eigenvalue weighted by atomic mass is 32.1. The predicted octanol–water partition coefficient (Wildman–Crippen LogP) is 5.40. The van der Waals surface area contributed by atoms with Gasteiger partial charge in [-0.05, 0) is 30.7 Å². The second-order valence-electron chi connectivity index (χ2n) is 6.51. The Balaban J connectivity index is 1.59. The van der Waals surface area contributed by atoms with Crippen LogP contribution in [0.1, 0.15) is 22.3 Å². The van der Waals surface area contributed by atoms with Gasteiger partial charge in [-0.1, -0.05) is 54.7 Å². The number of thiazole rings is 1. The zero-order chi connectivity index (χ0) is 20.9. The highest BCUT2D eigenvalue weighted by molar-refractivity contribution is 7.14. The average molecular weight is 417 g/mol. The largest absolute Gasteiger partial charge is 0.444 e. The molecule has 6 nitrogen and oxygen atoms in total. The quantitative estimate of drug-likeness (QED) is 0.421. The van der Waals surface area contributed by atoms with Crippen LogP contribution in [0.15, 0.2) is 72.9 Å². The van der Waals surface area contributed by atoms with Crippen molar-refractivity contribution in [2.75, 3.05) is 5.32 Å². The molecular weight excluding hydrogens is 396 g/mol. The van der Waals surface area contributed by atoms with Gasteiger partial charge in [-0.15, -0.1) is 0 Å². The maximum absolute atomic E-state index is 11.4. The number of pyridine rings is 1. The molecule has 0 radical (unpaired) electrons. The highest BCUT2D eigenvalue weighted by Gasteiger charge is 2.15. The first-order valence-electron chi connectivity index (χ1n) is 9.48. The molecule has 2 aromatic carbocycles. The molecule has 150 valence electrons. The van der Waals surface area contributed by atoms with Crippen LogP contribution in [0, 0.1) is 0 Å². The summed E-state index contributed by atoms with van der Waals surface area (Å²) in [5, 5.41) is 4.93. The number of hydrogen-bond acceptors (Lipinski definition) is 6. The van der Waals surface area contributed by atoms with Crippen molar-refractivity contribution in [3.05, 3.63) is 83.5 Å². The molecule has 7 heteroatoms. The van der Waals surface area contributed by atoms with Crippen molar-refractivity contribution in [2.24, 2.45) is 5.73 Å². The number of aryl methyl sites for hydroxylation is 1. The van der Waals surface area contributed by atoms with Gasteiger partial charge in [-0.2, -0.15) is 0 Å². The Morgan fingerprint density at radius 2 is 1.93 bits per heavy atom. The number of nitrogens with two attached hydrogens (primary N) is 1. The summed E-state index contributed by atoms with van der Waals surface area (Å²) in [6.07, 6.45) is 2.51. The average Bonchev–Trinajstić information content (AvgIpc) is 3.17. The smallest absolute Gasteiger partial charge is 0.248 e. The highest BCUT2D eigenvalue weighted by Crippen LogP contribution is 2.38. The van der Waals surface area contributed by atoms with Gasteiger partial charge in [0.2, 0.25) is 11.0 Å². The maximum Gasteiger partial charge on any atom is 0.248 e. The van der Waals surface area contributed by atoms with E-state index in [2.05, 4.69) is 17.2 Å². The molecule has 30 heavy (non-hydrogen) atoms. The van der Waals surface area contributed by atoms with Gasteiger partial charge in [-0.3, -0.25) is 4.79 Å². The van der Waals surface area contributed by atoms with Crippen LogP contribution in [0.5, 0.6) is 10.8 Å². The lowest BCUT2D eigenvalue weighted by Gasteiger charge is -2.09. The number of benzene rings is 2. The van der Waals surface area contributed by atoms with Crippen LogP contribution in [0.3, 0.4) is 0 Å². The second-order valence-corrected chi connectivity index (χ2v) is 7.56. The molecule has 0 spiro atoms. The molecule has 0 saturated heterocycles. The van der Waals surface area contributed by atoms with E-state index in [0.717, 1.165) is 27.7 Å². The first-order valence-corrected chi connectivity index (χ1v) is 10.3. The first-order chi connectivity index (χ1) is 14.6. The van der Waals surface area contributed by atoms with E-state index in [9.17, 15) is 4.79 Å². The molecule has 2 heterocycles. The third-order valence-electron chi connectivity index (χ3n) is 4.35. The van der Waals surface area contributed by atoms with Crippen molar-refractivity contribution in [3.63, 3.8) is 0 Å². The predicted molar refractivity (Wildman–Crippen MR) is 119 cm³/mol. The van der Waals surface area contributed by atoms with E-state index in [1.807, 2.05) is 36.4 Å². The molecular formula is C23H20N4O2S. The fourth-order valence-corrected chi connectivity index (χ4v) is 3.79. The van der Waals surface area contributed by atoms with Crippen LogP contribution in [0.4, 0.5) is 11.5 Å². The standard InChI is InChI=1S/C23H20N4O2S/c1-2-20-27-21(15-7-4-3-5-8-15)23(30-20)29-18-11-12-25-19(14-18)26-17-10-6-9-16(13-17)22(24)28/h3-14H,2H2,1H3,(H2,24,28)(H,25,26). The minimum absolute atomic E-state index is 0.427. The van der Waals surface area contributed by atoms with E-state index in [1.54, 1.807) is 36.5 Å². The van der Waals surface area contributed by atoms with Gasteiger partial charge in [-0.25, -0.2) is 9.97 Å². The van der Waals surface area contributed by atoms with Gasteiger partial charge < -0.3 is 15.8 Å². The third-order valence-corrected chi connectivity index (χ3v) is 5.43. The number of primary amides is 1. The summed E-state index contributed by atoms with van der Waals surface area (Å²) in [7, 11) is 0. The van der Waals surface area contributed by atoms with Gasteiger partial charge in [0.05, 0.1) is 5.01 Å². The molecule has 1 amide bonds. The van der Waals surface area contributed by atoms with Crippen molar-refractivity contribution >= 4 is 28.7 Å². The minimum atomic E-state index is -0.478. The zero-order valence-electron chi connectivity index (χ0n) is 16.3. The Morgan fingerprint density at radius 3 is 2.70 bits per heavy atom. The fourth-order valence-electron chi connectivity index (χ4n) is 2.90. The fraction of sp³-hybridized carbons (Fsp3) is 0.0870. The summed E-state index contributed by atoms with van der Waals surface area (Å²) in [6.45, 7) is 2.08. The normalized spacial score (nSPS) is 10.6. The first kappa shape index (κ1) is 19.6. The van der Waals surface area contributed by atoms with Crippen LogP contribution < -0.4 is 15.8 Å². The number of rotatable bonds is 7. The molecule has 0 aliphatic carbocycles. The summed E-state index contributed by atoms with van der Waals surface area (Å²) in [6, 6.07) is 20.5. The third kappa shape index (κ3) is 4.47. The lowest BCUT2D eigenvalue weighted by atomic mass is 10.2. The molecule has 3 N–H and O–H groups in total. The van der Waals surface area contributed by atoms with Crippen LogP contribution in [0.2, 0.25) is 0 Å². The van der Waals surface area contributed by atoms with Crippen LogP contribution in [-0.4, -0.2) is 15.9 Å². The summed E-state index contributed by atoms with van der Waals surface area (Å²) < 4.78 is 6.19. The number of amides is 1. The van der Waals surface area contributed by atoms with Crippen LogP contribution in [0.25, 0.3) is 11.3 Å². The van der Waals surface area contributed by atoms with Crippen LogP contribution in [-0.2, 0) is 6.42 Å². The number of aromatic nitrogens is 2. The number of nitrogens with zero attached hydrogens (tertiary/aromatic N) is 2. The zero-order valence-corrected chi connectivity index (χ0v) is 17.1. The Bertz CT molecular complexity index is 1170. The topological polar surface area (TPSA) is 90.1 Å². The Hall–Kier alpha value is -3.71. The van der Waals surface area contributed by atoms with Gasteiger partial charge >= 0.3 is 0 Å². The van der Waals surface area contributed by atoms with E-state index in [0.29, 0.717) is 22.8 Å². The molecule has 0 bridgehead atoms. The van der Waals surface area contributed by atoms with Crippen molar-refractivity contribution < 1.29 is 9.53 Å². The van der Waals surface area contributed by atoms with Crippen molar-refractivity contribution in [1.29, 1.82) is 0 Å². The Morgan fingerprint density at radius 1 is 1.10 bits per heavy atom. The molecule has 0 unspecified atom stereocenters. The number of carbonyl (C=O) groups is 1. The van der Waals surface area contributed by atoms with Crippen molar-refractivity contribution in [2.45, 2.75) is 13.3 Å². The molecule has 0 fully saturated rings. The molecule has 0 atom stereocenters. The number of ether oxygens (including phenoxy) is 1. The van der Waals surface area contributed by atoms with Crippen molar-refractivity contribution in [3.8, 4) is 22.1 Å². The Labute approximate surface area is 178 Å². The molecule has 4 rings (SSSR count). The number of hydrogen-bond donors (Lipinski definition) is 2. The van der Waals surface area contributed by atoms with Gasteiger partial charge in [0.25, 0.3) is 0 Å². The number of carbonyl (C=O) groups excluding carboxylic acids is 1. The Kier molecular flexibility index (Phi) is 5.72. The summed E-state index contributed by atoms with van der Waals surface area (Å²) in [4.78, 5) is 20.5. The SMILES string of the molecule is CCc1nc(-c2ccccc2)c(Oc2ccnc(Nc3cccc(C(N)=O)c3)c2)s1. The minimum Gasteiger partial charge on any atom is -0.444 e. The van der Waals surface area contributed by atoms with Gasteiger partial charge in [0.1, 0.15) is 17.3 Å². The van der Waals surface area contributed by atoms with Gasteiger partial charge in [0, 0.05) is 29.1 Å². The lowest BCUT2D eigenvalue weighted by molar-refractivity contribution is 0.100. The maximum atomic E-state index is 11.4. The van der Waals surface area contributed by atoms with E-state index in [4.69, 9.17) is 15.5 Å². The molecule has 4 aromatic rings. The number of nitrogens with one attached hydrogen (secondary N) is 1. The monoisotopic (exact) mass is 416 g/mol. The van der Waals surface area contributed by atoms with Gasteiger partial charge in [0.15, 0.2) is 0 Å². The summed E-state index contributed by atoms with van der Waals surface area (Å²) in [5.74, 6) is 0.756. The molecule has 0 aliphatic rings. The number of anilines is 2. The molecule has 0 aliphatic heterocycles. The lowest BCUT2D eigenvalue weighted by Crippen LogP contribution is -2.10. The van der Waals surface area contributed by atoms with E-state index >= 15 is 0 Å². The van der Waals surface area contributed by atoms with E-state index in [-0.39, 0.29) is 0 Å². The summed E-state index contributed by atoms with van der Waals surface area (Å²) >= 11 is 1.54. The van der Waals surface area contributed by atoms with Crippen molar-refractivity contribution in [1.82, 2.24) is 9.97 Å².